The van der Waals surface area contributed by atoms with Crippen LogP contribution in [0.25, 0.3) is 0 Å². The number of hydrogen-bond donors (Lipinski definition) is 1. The minimum atomic E-state index is -0.233. The van der Waals surface area contributed by atoms with Crippen LogP contribution in [0.5, 0.6) is 5.75 Å². The third-order valence-electron chi connectivity index (χ3n) is 3.49. The van der Waals surface area contributed by atoms with Gasteiger partial charge in [0.1, 0.15) is 11.6 Å². The largest absolute Gasteiger partial charge is 0.493 e. The summed E-state index contributed by atoms with van der Waals surface area (Å²) in [4.78, 5) is 0. The van der Waals surface area contributed by atoms with Crippen LogP contribution < -0.4 is 10.1 Å². The van der Waals surface area contributed by atoms with Gasteiger partial charge in [0.05, 0.1) is 12.3 Å². The highest BCUT2D eigenvalue weighted by molar-refractivity contribution is 5.46. The fourth-order valence-corrected chi connectivity index (χ4v) is 2.08. The molecule has 3 rings (SSSR count). The van der Waals surface area contributed by atoms with Gasteiger partial charge >= 0.3 is 0 Å². The normalized spacial score (nSPS) is 14.1. The molecule has 1 aliphatic carbocycles. The Kier molecular flexibility index (Phi) is 3.86. The summed E-state index contributed by atoms with van der Waals surface area (Å²) in [7, 11) is 0. The highest BCUT2D eigenvalue weighted by Gasteiger charge is 2.22. The molecule has 104 valence electrons. The van der Waals surface area contributed by atoms with Crippen LogP contribution in [0.15, 0.2) is 48.5 Å². The van der Waals surface area contributed by atoms with Crippen LogP contribution in [0.2, 0.25) is 0 Å². The summed E-state index contributed by atoms with van der Waals surface area (Å²) in [6.45, 7) is 1.35. The van der Waals surface area contributed by atoms with Crippen LogP contribution in [-0.4, -0.2) is 6.61 Å². The Morgan fingerprint density at radius 3 is 2.60 bits per heavy atom. The number of ether oxygens (including phenoxy) is 1. The first-order valence-electron chi connectivity index (χ1n) is 7.02. The van der Waals surface area contributed by atoms with E-state index in [1.165, 1.54) is 18.9 Å². The number of hydrogen-bond acceptors (Lipinski definition) is 2. The molecule has 0 atom stereocenters. The Morgan fingerprint density at radius 2 is 1.80 bits per heavy atom. The van der Waals surface area contributed by atoms with Crippen molar-refractivity contribution >= 4 is 5.69 Å². The van der Waals surface area contributed by atoms with Crippen molar-refractivity contribution in [2.24, 2.45) is 5.92 Å². The smallest absolute Gasteiger partial charge is 0.146 e. The molecule has 0 aliphatic heterocycles. The molecule has 0 aromatic heterocycles. The zero-order valence-corrected chi connectivity index (χ0v) is 11.3. The van der Waals surface area contributed by atoms with Gasteiger partial charge < -0.3 is 10.1 Å². The molecule has 0 saturated heterocycles. The third-order valence-corrected chi connectivity index (χ3v) is 3.49. The SMILES string of the molecule is Fc1ccccc1NCc1ccccc1OCC1CC1. The molecule has 1 aliphatic rings. The number of para-hydroxylation sites is 2. The van der Waals surface area contributed by atoms with Crippen molar-refractivity contribution in [1.82, 2.24) is 0 Å². The average Bonchev–Trinajstić information content (AvgIpc) is 3.29. The molecule has 2 aromatic rings. The van der Waals surface area contributed by atoms with E-state index in [0.29, 0.717) is 12.2 Å². The van der Waals surface area contributed by atoms with Crippen molar-refractivity contribution in [3.8, 4) is 5.75 Å². The van der Waals surface area contributed by atoms with E-state index < -0.39 is 0 Å². The second kappa shape index (κ2) is 5.95. The minimum Gasteiger partial charge on any atom is -0.493 e. The van der Waals surface area contributed by atoms with Crippen LogP contribution >= 0.6 is 0 Å². The molecule has 1 N–H and O–H groups in total. The van der Waals surface area contributed by atoms with E-state index >= 15 is 0 Å². The maximum Gasteiger partial charge on any atom is 0.146 e. The van der Waals surface area contributed by atoms with E-state index in [2.05, 4.69) is 5.32 Å². The minimum absolute atomic E-state index is 0.233. The summed E-state index contributed by atoms with van der Waals surface area (Å²) in [5.41, 5.74) is 1.57. The predicted molar refractivity (Wildman–Crippen MR) is 78.4 cm³/mol. The number of halogens is 1. The third kappa shape index (κ3) is 3.29. The summed E-state index contributed by atoms with van der Waals surface area (Å²) in [6.07, 6.45) is 2.55. The van der Waals surface area contributed by atoms with Gasteiger partial charge in [0.25, 0.3) is 0 Å². The second-order valence-electron chi connectivity index (χ2n) is 5.20. The van der Waals surface area contributed by atoms with Gasteiger partial charge in [-0.1, -0.05) is 30.3 Å². The Hall–Kier alpha value is -2.03. The Morgan fingerprint density at radius 1 is 1.05 bits per heavy atom. The standard InChI is InChI=1S/C17H18FNO/c18-15-6-2-3-7-16(15)19-11-14-5-1-4-8-17(14)20-12-13-9-10-13/h1-8,13,19H,9-12H2. The lowest BCUT2D eigenvalue weighted by molar-refractivity contribution is 0.297. The van der Waals surface area contributed by atoms with E-state index in [9.17, 15) is 4.39 Å². The number of anilines is 1. The van der Waals surface area contributed by atoms with Gasteiger partial charge in [-0.15, -0.1) is 0 Å². The molecule has 0 spiro atoms. The van der Waals surface area contributed by atoms with Crippen molar-refractivity contribution in [3.05, 3.63) is 59.9 Å². The molecule has 1 fully saturated rings. The summed E-state index contributed by atoms with van der Waals surface area (Å²) in [6, 6.07) is 14.6. The lowest BCUT2D eigenvalue weighted by atomic mass is 10.2. The van der Waals surface area contributed by atoms with Crippen molar-refractivity contribution in [2.75, 3.05) is 11.9 Å². The van der Waals surface area contributed by atoms with Crippen LogP contribution in [0.3, 0.4) is 0 Å². The molecule has 0 unspecified atom stereocenters. The molecule has 0 radical (unpaired) electrons. The lowest BCUT2D eigenvalue weighted by Crippen LogP contribution is -2.06. The molecule has 2 aromatic carbocycles. The van der Waals surface area contributed by atoms with Crippen molar-refractivity contribution in [3.63, 3.8) is 0 Å². The highest BCUT2D eigenvalue weighted by Crippen LogP contribution is 2.30. The van der Waals surface area contributed by atoms with Crippen LogP contribution in [0.1, 0.15) is 18.4 Å². The van der Waals surface area contributed by atoms with E-state index in [0.717, 1.165) is 23.8 Å². The van der Waals surface area contributed by atoms with Gasteiger partial charge in [0, 0.05) is 12.1 Å². The van der Waals surface area contributed by atoms with E-state index in [4.69, 9.17) is 4.74 Å². The summed E-state index contributed by atoms with van der Waals surface area (Å²) in [5.74, 6) is 1.38. The van der Waals surface area contributed by atoms with E-state index in [-0.39, 0.29) is 5.82 Å². The molecule has 0 heterocycles. The fraction of sp³-hybridized carbons (Fsp3) is 0.294. The maximum atomic E-state index is 13.6. The first-order valence-corrected chi connectivity index (χ1v) is 7.02. The molecule has 20 heavy (non-hydrogen) atoms. The molecule has 0 amide bonds. The molecule has 3 heteroatoms. The zero-order chi connectivity index (χ0) is 13.8. The molecular formula is C17H18FNO. The Balaban J connectivity index is 1.65. The Labute approximate surface area is 118 Å². The van der Waals surface area contributed by atoms with Gasteiger partial charge in [0.15, 0.2) is 0 Å². The second-order valence-corrected chi connectivity index (χ2v) is 5.20. The molecule has 1 saturated carbocycles. The average molecular weight is 271 g/mol. The van der Waals surface area contributed by atoms with Gasteiger partial charge in [0.2, 0.25) is 0 Å². The first kappa shape index (κ1) is 13.0. The van der Waals surface area contributed by atoms with Crippen LogP contribution in [0, 0.1) is 11.7 Å². The van der Waals surface area contributed by atoms with E-state index in [1.807, 2.05) is 30.3 Å². The molecule has 0 bridgehead atoms. The van der Waals surface area contributed by atoms with Crippen molar-refractivity contribution in [1.29, 1.82) is 0 Å². The van der Waals surface area contributed by atoms with Gasteiger partial charge in [-0.25, -0.2) is 4.39 Å². The predicted octanol–water partition coefficient (Wildman–Crippen LogP) is 4.23. The maximum absolute atomic E-state index is 13.6. The zero-order valence-electron chi connectivity index (χ0n) is 11.3. The quantitative estimate of drug-likeness (QED) is 0.849. The highest BCUT2D eigenvalue weighted by atomic mass is 19.1. The summed E-state index contributed by atoms with van der Waals surface area (Å²) in [5, 5.41) is 3.12. The van der Waals surface area contributed by atoms with Crippen LogP contribution in [0.4, 0.5) is 10.1 Å². The molecule has 2 nitrogen and oxygen atoms in total. The van der Waals surface area contributed by atoms with E-state index in [1.54, 1.807) is 12.1 Å². The summed E-state index contributed by atoms with van der Waals surface area (Å²) >= 11 is 0. The first-order chi connectivity index (χ1) is 9.83. The van der Waals surface area contributed by atoms with Gasteiger partial charge in [-0.05, 0) is 37.0 Å². The Bertz CT molecular complexity index is 581. The monoisotopic (exact) mass is 271 g/mol. The van der Waals surface area contributed by atoms with Crippen LogP contribution in [-0.2, 0) is 6.54 Å². The van der Waals surface area contributed by atoms with Crippen molar-refractivity contribution in [2.45, 2.75) is 19.4 Å². The summed E-state index contributed by atoms with van der Waals surface area (Å²) < 4.78 is 19.4. The number of rotatable bonds is 6. The number of nitrogens with one attached hydrogen (secondary N) is 1. The topological polar surface area (TPSA) is 21.3 Å². The lowest BCUT2D eigenvalue weighted by Gasteiger charge is -2.13. The molecular weight excluding hydrogens is 253 g/mol. The fourth-order valence-electron chi connectivity index (χ4n) is 2.08. The van der Waals surface area contributed by atoms with Gasteiger partial charge in [-0.2, -0.15) is 0 Å². The number of benzene rings is 2. The van der Waals surface area contributed by atoms with Crippen molar-refractivity contribution < 1.29 is 9.13 Å². The van der Waals surface area contributed by atoms with Gasteiger partial charge in [-0.3, -0.25) is 0 Å².